The minimum absolute atomic E-state index is 0.0266. The summed E-state index contributed by atoms with van der Waals surface area (Å²) in [5.74, 6) is 0.266. The van der Waals surface area contributed by atoms with Crippen LogP contribution in [-0.4, -0.2) is 58.4 Å². The molecule has 3 amide bonds. The van der Waals surface area contributed by atoms with Crippen LogP contribution in [-0.2, 0) is 11.2 Å². The van der Waals surface area contributed by atoms with Gasteiger partial charge in [-0.3, -0.25) is 9.78 Å². The number of carbonyl (C=O) groups excluding carboxylic acids is 2. The molecule has 0 bridgehead atoms. The average molecular weight is 373 g/mol. The van der Waals surface area contributed by atoms with Gasteiger partial charge in [-0.2, -0.15) is 0 Å². The van der Waals surface area contributed by atoms with Crippen molar-refractivity contribution in [2.45, 2.75) is 58.4 Å². The minimum Gasteiger partial charge on any atom is -0.342 e. The number of carbonyl (C=O) groups is 2. The van der Waals surface area contributed by atoms with Crippen molar-refractivity contribution in [2.75, 3.05) is 26.2 Å². The number of likely N-dealkylation sites (tertiary alicyclic amines) is 2. The van der Waals surface area contributed by atoms with Crippen LogP contribution in [0.4, 0.5) is 4.79 Å². The Morgan fingerprint density at radius 3 is 2.48 bits per heavy atom. The lowest BCUT2D eigenvalue weighted by Crippen LogP contribution is -2.55. The summed E-state index contributed by atoms with van der Waals surface area (Å²) in [6, 6.07) is 4.05. The molecule has 148 valence electrons. The van der Waals surface area contributed by atoms with E-state index >= 15 is 0 Å². The molecule has 0 aliphatic carbocycles. The Bertz CT molecular complexity index is 661. The number of amides is 3. The summed E-state index contributed by atoms with van der Waals surface area (Å²) < 4.78 is 0. The van der Waals surface area contributed by atoms with Crippen LogP contribution in [0.25, 0.3) is 0 Å². The van der Waals surface area contributed by atoms with E-state index in [1.807, 2.05) is 42.7 Å². The molecule has 3 heterocycles. The summed E-state index contributed by atoms with van der Waals surface area (Å²) in [5.41, 5.74) is 1.17. The highest BCUT2D eigenvalue weighted by atomic mass is 16.2. The summed E-state index contributed by atoms with van der Waals surface area (Å²) in [6.07, 6.45) is 7.99. The normalized spacial score (nSPS) is 20.0. The van der Waals surface area contributed by atoms with Gasteiger partial charge in [0, 0.05) is 50.5 Å². The van der Waals surface area contributed by atoms with Gasteiger partial charge in [0.25, 0.3) is 0 Å². The standard InChI is InChI=1S/C21H32N4O2/c1-20(2,3)23-19(27)24-14-9-21(10-15-24)8-4-18(26)25(16-21)13-7-17-5-11-22-12-6-17/h5-6,11-12H,4,7-10,13-16H2,1-3H3,(H,23,27). The molecule has 6 nitrogen and oxygen atoms in total. The second-order valence-corrected chi connectivity index (χ2v) is 9.09. The zero-order valence-corrected chi connectivity index (χ0v) is 16.8. The number of hydrogen-bond donors (Lipinski definition) is 1. The van der Waals surface area contributed by atoms with Gasteiger partial charge in [-0.1, -0.05) is 0 Å². The van der Waals surface area contributed by atoms with Gasteiger partial charge in [-0.25, -0.2) is 4.79 Å². The van der Waals surface area contributed by atoms with E-state index in [1.54, 1.807) is 12.4 Å². The number of urea groups is 1. The van der Waals surface area contributed by atoms with Crippen molar-refractivity contribution in [3.63, 3.8) is 0 Å². The summed E-state index contributed by atoms with van der Waals surface area (Å²) in [6.45, 7) is 9.14. The van der Waals surface area contributed by atoms with Crippen LogP contribution in [0.2, 0.25) is 0 Å². The maximum Gasteiger partial charge on any atom is 0.317 e. The number of hydrogen-bond acceptors (Lipinski definition) is 3. The zero-order valence-electron chi connectivity index (χ0n) is 16.8. The van der Waals surface area contributed by atoms with Crippen molar-refractivity contribution >= 4 is 11.9 Å². The molecule has 2 saturated heterocycles. The summed E-state index contributed by atoms with van der Waals surface area (Å²) in [7, 11) is 0. The predicted molar refractivity (Wildman–Crippen MR) is 105 cm³/mol. The van der Waals surface area contributed by atoms with E-state index < -0.39 is 0 Å². The smallest absolute Gasteiger partial charge is 0.317 e. The van der Waals surface area contributed by atoms with E-state index in [-0.39, 0.29) is 22.9 Å². The van der Waals surface area contributed by atoms with E-state index in [2.05, 4.69) is 10.3 Å². The van der Waals surface area contributed by atoms with Crippen molar-refractivity contribution in [1.82, 2.24) is 20.1 Å². The van der Waals surface area contributed by atoms with Crippen LogP contribution in [0, 0.1) is 5.41 Å². The Balaban J connectivity index is 1.54. The first-order chi connectivity index (χ1) is 12.8. The monoisotopic (exact) mass is 372 g/mol. The van der Waals surface area contributed by atoms with Crippen molar-refractivity contribution < 1.29 is 9.59 Å². The summed E-state index contributed by atoms with van der Waals surface area (Å²) >= 11 is 0. The second-order valence-electron chi connectivity index (χ2n) is 9.09. The molecule has 1 aromatic rings. The van der Waals surface area contributed by atoms with Gasteiger partial charge in [0.05, 0.1) is 0 Å². The SMILES string of the molecule is CC(C)(C)NC(=O)N1CCC2(CCC(=O)N(CCc3ccncc3)C2)CC1. The molecule has 0 saturated carbocycles. The maximum absolute atomic E-state index is 12.4. The van der Waals surface area contributed by atoms with E-state index in [1.165, 1.54) is 5.56 Å². The lowest BCUT2D eigenvalue weighted by atomic mass is 9.72. The summed E-state index contributed by atoms with van der Waals surface area (Å²) in [4.78, 5) is 32.8. The maximum atomic E-state index is 12.4. The van der Waals surface area contributed by atoms with E-state index in [9.17, 15) is 9.59 Å². The van der Waals surface area contributed by atoms with E-state index in [0.717, 1.165) is 51.9 Å². The Kier molecular flexibility index (Phi) is 5.72. The van der Waals surface area contributed by atoms with Crippen molar-refractivity contribution in [3.8, 4) is 0 Å². The molecule has 0 radical (unpaired) electrons. The number of aromatic nitrogens is 1. The highest BCUT2D eigenvalue weighted by Crippen LogP contribution is 2.40. The van der Waals surface area contributed by atoms with Gasteiger partial charge in [0.1, 0.15) is 0 Å². The largest absolute Gasteiger partial charge is 0.342 e. The van der Waals surface area contributed by atoms with Crippen LogP contribution in [0.15, 0.2) is 24.5 Å². The molecule has 3 rings (SSSR count). The van der Waals surface area contributed by atoms with Crippen LogP contribution in [0.1, 0.15) is 52.0 Å². The zero-order chi connectivity index (χ0) is 19.5. The van der Waals surface area contributed by atoms with E-state index in [4.69, 9.17) is 0 Å². The third-order valence-electron chi connectivity index (χ3n) is 5.76. The van der Waals surface area contributed by atoms with Crippen LogP contribution < -0.4 is 5.32 Å². The van der Waals surface area contributed by atoms with Gasteiger partial charge in [-0.15, -0.1) is 0 Å². The molecule has 0 aromatic carbocycles. The fourth-order valence-corrected chi connectivity index (χ4v) is 4.11. The Hall–Kier alpha value is -2.11. The molecule has 0 atom stereocenters. The molecule has 2 fully saturated rings. The number of piperidine rings is 2. The fourth-order valence-electron chi connectivity index (χ4n) is 4.11. The molecule has 2 aliphatic heterocycles. The van der Waals surface area contributed by atoms with Crippen molar-refractivity contribution in [2.24, 2.45) is 5.41 Å². The molecule has 1 aromatic heterocycles. The lowest BCUT2D eigenvalue weighted by molar-refractivity contribution is -0.138. The number of pyridine rings is 1. The Morgan fingerprint density at radius 2 is 1.85 bits per heavy atom. The first-order valence-electron chi connectivity index (χ1n) is 10.0. The first kappa shape index (κ1) is 19.6. The number of nitrogens with zero attached hydrogens (tertiary/aromatic N) is 3. The topological polar surface area (TPSA) is 65.5 Å². The van der Waals surface area contributed by atoms with Gasteiger partial charge < -0.3 is 15.1 Å². The Labute approximate surface area is 162 Å². The molecular formula is C21H32N4O2. The highest BCUT2D eigenvalue weighted by Gasteiger charge is 2.41. The van der Waals surface area contributed by atoms with Crippen molar-refractivity contribution in [3.05, 3.63) is 30.1 Å². The van der Waals surface area contributed by atoms with Gasteiger partial charge in [0.15, 0.2) is 0 Å². The first-order valence-corrected chi connectivity index (χ1v) is 10.0. The average Bonchev–Trinajstić information content (AvgIpc) is 2.63. The molecule has 6 heteroatoms. The van der Waals surface area contributed by atoms with Crippen LogP contribution >= 0.6 is 0 Å². The quantitative estimate of drug-likeness (QED) is 0.887. The van der Waals surface area contributed by atoms with Gasteiger partial charge in [-0.05, 0) is 69.6 Å². The van der Waals surface area contributed by atoms with Crippen LogP contribution in [0.5, 0.6) is 0 Å². The second kappa shape index (κ2) is 7.87. The molecule has 2 aliphatic rings. The third kappa shape index (κ3) is 5.21. The minimum atomic E-state index is -0.215. The van der Waals surface area contributed by atoms with Crippen molar-refractivity contribution in [1.29, 1.82) is 0 Å². The number of rotatable bonds is 3. The molecular weight excluding hydrogens is 340 g/mol. The van der Waals surface area contributed by atoms with E-state index in [0.29, 0.717) is 6.42 Å². The molecule has 0 unspecified atom stereocenters. The molecule has 1 N–H and O–H groups in total. The van der Waals surface area contributed by atoms with Crippen LogP contribution in [0.3, 0.4) is 0 Å². The molecule has 1 spiro atoms. The van der Waals surface area contributed by atoms with Gasteiger partial charge in [0.2, 0.25) is 5.91 Å². The highest BCUT2D eigenvalue weighted by molar-refractivity contribution is 5.77. The molecule has 27 heavy (non-hydrogen) atoms. The Morgan fingerprint density at radius 1 is 1.19 bits per heavy atom. The lowest BCUT2D eigenvalue weighted by Gasteiger charge is -2.47. The third-order valence-corrected chi connectivity index (χ3v) is 5.76. The van der Waals surface area contributed by atoms with Gasteiger partial charge >= 0.3 is 6.03 Å². The summed E-state index contributed by atoms with van der Waals surface area (Å²) in [5, 5.41) is 3.05. The fraction of sp³-hybridized carbons (Fsp3) is 0.667. The number of nitrogens with one attached hydrogen (secondary N) is 1. The predicted octanol–water partition coefficient (Wildman–Crippen LogP) is 2.84.